The monoisotopic (exact) mass is 365 g/mol. The summed E-state index contributed by atoms with van der Waals surface area (Å²) in [4.78, 5) is 17.7. The molecule has 1 aliphatic heterocycles. The number of ether oxygens (including phenoxy) is 1. The van der Waals surface area contributed by atoms with Gasteiger partial charge in [-0.1, -0.05) is 30.3 Å². The molecule has 2 aromatic rings. The fraction of sp³-hybridized carbons (Fsp3) is 0.316. The lowest BCUT2D eigenvalue weighted by molar-refractivity contribution is -0.186. The maximum absolute atomic E-state index is 12.7. The molecule has 1 amide bonds. The van der Waals surface area contributed by atoms with Gasteiger partial charge in [0.2, 0.25) is 0 Å². The molecule has 138 valence electrons. The fourth-order valence-electron chi connectivity index (χ4n) is 2.75. The molecule has 3 rings (SSSR count). The number of carbonyl (C=O) groups excluding carboxylic acids is 1. The second-order valence-corrected chi connectivity index (χ2v) is 5.97. The van der Waals surface area contributed by atoms with E-state index in [9.17, 15) is 18.0 Å². The van der Waals surface area contributed by atoms with Crippen LogP contribution in [0.1, 0.15) is 35.2 Å². The Labute approximate surface area is 148 Å². The van der Waals surface area contributed by atoms with Gasteiger partial charge in [0.1, 0.15) is 0 Å². The summed E-state index contributed by atoms with van der Waals surface area (Å²) in [5.74, 6) is -0.477. The van der Waals surface area contributed by atoms with Crippen LogP contribution in [0.25, 0.3) is 11.1 Å². The number of amides is 1. The van der Waals surface area contributed by atoms with Crippen LogP contribution in [0.3, 0.4) is 0 Å². The van der Waals surface area contributed by atoms with Crippen molar-refractivity contribution in [2.75, 3.05) is 6.61 Å². The van der Waals surface area contributed by atoms with Crippen LogP contribution in [0.4, 0.5) is 13.2 Å². The molecule has 0 spiro atoms. The molecule has 26 heavy (non-hydrogen) atoms. The van der Waals surface area contributed by atoms with Crippen molar-refractivity contribution in [1.82, 2.24) is 5.48 Å². The number of rotatable bonds is 4. The van der Waals surface area contributed by atoms with Gasteiger partial charge in [-0.3, -0.25) is 4.79 Å². The Morgan fingerprint density at radius 1 is 1.08 bits per heavy atom. The van der Waals surface area contributed by atoms with E-state index in [1.54, 1.807) is 24.3 Å². The highest BCUT2D eigenvalue weighted by molar-refractivity contribution is 6.00. The minimum atomic E-state index is -4.40. The lowest BCUT2D eigenvalue weighted by Gasteiger charge is -2.22. The highest BCUT2D eigenvalue weighted by Crippen LogP contribution is 2.31. The van der Waals surface area contributed by atoms with Gasteiger partial charge in [0.25, 0.3) is 5.91 Å². The topological polar surface area (TPSA) is 47.6 Å². The van der Waals surface area contributed by atoms with E-state index in [4.69, 9.17) is 9.57 Å². The third-order valence-electron chi connectivity index (χ3n) is 4.12. The zero-order chi connectivity index (χ0) is 18.6. The van der Waals surface area contributed by atoms with E-state index in [2.05, 4.69) is 5.48 Å². The average Bonchev–Trinajstić information content (AvgIpc) is 2.66. The molecular formula is C19H18F3NO3. The summed E-state index contributed by atoms with van der Waals surface area (Å²) in [6, 6.07) is 11.4. The second kappa shape index (κ2) is 7.88. The van der Waals surface area contributed by atoms with Crippen molar-refractivity contribution in [2.24, 2.45) is 0 Å². The van der Waals surface area contributed by atoms with Crippen LogP contribution >= 0.6 is 0 Å². The van der Waals surface area contributed by atoms with E-state index < -0.39 is 23.9 Å². The standard InChI is InChI=1S/C19H18F3NO3/c20-19(21,22)14-10-8-13(9-11-14)15-5-1-2-6-16(15)18(24)23-26-17-7-3-4-12-25-17/h1-2,5-6,8-11,17H,3-4,7,12H2,(H,23,24). The SMILES string of the molecule is O=C(NOC1CCCCO1)c1ccccc1-c1ccc(C(F)(F)F)cc1. The molecule has 0 radical (unpaired) electrons. The zero-order valence-corrected chi connectivity index (χ0v) is 13.9. The number of carbonyl (C=O) groups is 1. The third-order valence-corrected chi connectivity index (χ3v) is 4.12. The van der Waals surface area contributed by atoms with Gasteiger partial charge < -0.3 is 4.74 Å². The molecule has 1 fully saturated rings. The van der Waals surface area contributed by atoms with Gasteiger partial charge >= 0.3 is 6.18 Å². The molecule has 2 aromatic carbocycles. The van der Waals surface area contributed by atoms with Crippen LogP contribution in [-0.4, -0.2) is 18.8 Å². The molecule has 7 heteroatoms. The zero-order valence-electron chi connectivity index (χ0n) is 13.9. The molecule has 1 N–H and O–H groups in total. The summed E-state index contributed by atoms with van der Waals surface area (Å²) in [7, 11) is 0. The Balaban J connectivity index is 1.76. The first kappa shape index (κ1) is 18.4. The summed E-state index contributed by atoms with van der Waals surface area (Å²) in [5, 5.41) is 0. The van der Waals surface area contributed by atoms with E-state index in [1.165, 1.54) is 12.1 Å². The summed E-state index contributed by atoms with van der Waals surface area (Å²) >= 11 is 0. The molecule has 0 bridgehead atoms. The van der Waals surface area contributed by atoms with Gasteiger partial charge in [-0.05, 0) is 42.2 Å². The molecule has 0 saturated carbocycles. The average molecular weight is 365 g/mol. The van der Waals surface area contributed by atoms with E-state index in [0.29, 0.717) is 29.7 Å². The number of alkyl halides is 3. The summed E-state index contributed by atoms with van der Waals surface area (Å²) in [6.07, 6.45) is -2.26. The number of nitrogens with one attached hydrogen (secondary N) is 1. The summed E-state index contributed by atoms with van der Waals surface area (Å²) in [5.41, 5.74) is 2.98. The highest BCUT2D eigenvalue weighted by Gasteiger charge is 2.30. The molecule has 1 saturated heterocycles. The molecule has 0 aromatic heterocycles. The van der Waals surface area contributed by atoms with Gasteiger partial charge in [0, 0.05) is 18.6 Å². The van der Waals surface area contributed by atoms with Crippen molar-refractivity contribution in [3.63, 3.8) is 0 Å². The fourth-order valence-corrected chi connectivity index (χ4v) is 2.75. The number of hydrogen-bond acceptors (Lipinski definition) is 3. The Kier molecular flexibility index (Phi) is 5.58. The Morgan fingerprint density at radius 3 is 2.46 bits per heavy atom. The van der Waals surface area contributed by atoms with Crippen molar-refractivity contribution in [1.29, 1.82) is 0 Å². The van der Waals surface area contributed by atoms with E-state index in [1.807, 2.05) is 0 Å². The van der Waals surface area contributed by atoms with Crippen LogP contribution in [0.5, 0.6) is 0 Å². The predicted molar refractivity (Wildman–Crippen MR) is 89.0 cm³/mol. The maximum Gasteiger partial charge on any atom is 0.416 e. The van der Waals surface area contributed by atoms with Crippen LogP contribution in [0.2, 0.25) is 0 Å². The van der Waals surface area contributed by atoms with E-state index in [-0.39, 0.29) is 0 Å². The van der Waals surface area contributed by atoms with Crippen LogP contribution < -0.4 is 5.48 Å². The quantitative estimate of drug-likeness (QED) is 0.808. The van der Waals surface area contributed by atoms with Crippen molar-refractivity contribution in [2.45, 2.75) is 31.7 Å². The summed E-state index contributed by atoms with van der Waals surface area (Å²) < 4.78 is 43.5. The van der Waals surface area contributed by atoms with Gasteiger partial charge in [-0.25, -0.2) is 10.3 Å². The molecular weight excluding hydrogens is 347 g/mol. The van der Waals surface area contributed by atoms with E-state index >= 15 is 0 Å². The Morgan fingerprint density at radius 2 is 1.81 bits per heavy atom. The third kappa shape index (κ3) is 4.42. The normalized spacial score (nSPS) is 17.7. The first-order chi connectivity index (χ1) is 12.4. The second-order valence-electron chi connectivity index (χ2n) is 5.97. The van der Waals surface area contributed by atoms with Crippen molar-refractivity contribution >= 4 is 5.91 Å². The minimum Gasteiger partial charge on any atom is -0.350 e. The molecule has 1 atom stereocenters. The first-order valence-electron chi connectivity index (χ1n) is 8.29. The van der Waals surface area contributed by atoms with Gasteiger partial charge in [0.15, 0.2) is 6.29 Å². The van der Waals surface area contributed by atoms with Gasteiger partial charge in [-0.2, -0.15) is 13.2 Å². The molecule has 1 heterocycles. The predicted octanol–water partition coefficient (Wildman–Crippen LogP) is 4.56. The van der Waals surface area contributed by atoms with Crippen LogP contribution in [-0.2, 0) is 15.8 Å². The molecule has 4 nitrogen and oxygen atoms in total. The summed E-state index contributed by atoms with van der Waals surface area (Å²) in [6.45, 7) is 0.586. The molecule has 1 aliphatic rings. The number of halogens is 3. The number of hydrogen-bond donors (Lipinski definition) is 1. The van der Waals surface area contributed by atoms with Crippen LogP contribution in [0, 0.1) is 0 Å². The lowest BCUT2D eigenvalue weighted by Crippen LogP contribution is -2.33. The van der Waals surface area contributed by atoms with Gasteiger partial charge in [-0.15, -0.1) is 0 Å². The number of hydroxylamine groups is 1. The first-order valence-corrected chi connectivity index (χ1v) is 8.29. The molecule has 0 aliphatic carbocycles. The largest absolute Gasteiger partial charge is 0.416 e. The van der Waals surface area contributed by atoms with Crippen molar-refractivity contribution in [3.05, 3.63) is 59.7 Å². The van der Waals surface area contributed by atoms with Crippen molar-refractivity contribution < 1.29 is 27.5 Å². The maximum atomic E-state index is 12.7. The highest BCUT2D eigenvalue weighted by atomic mass is 19.4. The molecule has 1 unspecified atom stereocenters. The number of benzene rings is 2. The lowest BCUT2D eigenvalue weighted by atomic mass is 9.98. The van der Waals surface area contributed by atoms with E-state index in [0.717, 1.165) is 25.0 Å². The Hall–Kier alpha value is -2.38. The van der Waals surface area contributed by atoms with Gasteiger partial charge in [0.05, 0.1) is 5.56 Å². The van der Waals surface area contributed by atoms with Crippen LogP contribution in [0.15, 0.2) is 48.5 Å². The minimum absolute atomic E-state index is 0.308. The Bertz CT molecular complexity index is 753. The van der Waals surface area contributed by atoms with Crippen molar-refractivity contribution in [3.8, 4) is 11.1 Å². The smallest absolute Gasteiger partial charge is 0.350 e.